The molecule has 0 saturated heterocycles. The molecule has 7 nitrogen and oxygen atoms in total. The third-order valence-electron chi connectivity index (χ3n) is 4.67. The Bertz CT molecular complexity index is 1320. The molecule has 0 fully saturated rings. The molecule has 1 amide bonds. The molecule has 5 aromatic rings. The van der Waals surface area contributed by atoms with Gasteiger partial charge >= 0.3 is 0 Å². The molecule has 27 heavy (non-hydrogen) atoms. The van der Waals surface area contributed by atoms with Gasteiger partial charge in [0.05, 0.1) is 5.52 Å². The Kier molecular flexibility index (Phi) is 3.24. The van der Waals surface area contributed by atoms with Crippen molar-refractivity contribution in [2.45, 2.75) is 0 Å². The summed E-state index contributed by atoms with van der Waals surface area (Å²) in [4.78, 5) is 27.3. The van der Waals surface area contributed by atoms with Gasteiger partial charge in [0.15, 0.2) is 5.65 Å². The van der Waals surface area contributed by atoms with E-state index < -0.39 is 0 Å². The van der Waals surface area contributed by atoms with E-state index in [1.165, 1.54) is 0 Å². The summed E-state index contributed by atoms with van der Waals surface area (Å²) in [5.41, 5.74) is 5.07. The Hall–Kier alpha value is -3.74. The molecule has 0 unspecified atom stereocenters. The Morgan fingerprint density at radius 2 is 1.93 bits per heavy atom. The molecule has 0 aliphatic carbocycles. The Balaban J connectivity index is 1.89. The summed E-state index contributed by atoms with van der Waals surface area (Å²) in [6.45, 7) is 0. The molecule has 0 aliphatic heterocycles. The van der Waals surface area contributed by atoms with Crippen LogP contribution in [0.3, 0.4) is 0 Å². The molecule has 0 atom stereocenters. The van der Waals surface area contributed by atoms with E-state index in [0.717, 1.165) is 33.4 Å². The maximum Gasteiger partial charge on any atom is 0.253 e. The molecule has 0 saturated carbocycles. The summed E-state index contributed by atoms with van der Waals surface area (Å²) in [7, 11) is 3.50. The lowest BCUT2D eigenvalue weighted by atomic mass is 10.1. The lowest BCUT2D eigenvalue weighted by Crippen LogP contribution is -2.21. The van der Waals surface area contributed by atoms with Gasteiger partial charge in [-0.15, -0.1) is 0 Å². The zero-order chi connectivity index (χ0) is 18.5. The predicted octanol–water partition coefficient (Wildman–Crippen LogP) is 2.92. The third kappa shape index (κ3) is 2.21. The van der Waals surface area contributed by atoms with Crippen LogP contribution in [0.1, 0.15) is 10.4 Å². The molecule has 0 spiro atoms. The second-order valence-corrected chi connectivity index (χ2v) is 6.57. The van der Waals surface area contributed by atoms with Gasteiger partial charge in [-0.25, -0.2) is 9.97 Å². The fourth-order valence-corrected chi connectivity index (χ4v) is 3.46. The summed E-state index contributed by atoms with van der Waals surface area (Å²) in [6.07, 6.45) is 7.06. The second-order valence-electron chi connectivity index (χ2n) is 6.57. The number of carbonyl (C=O) groups excluding carboxylic acids is 1. The van der Waals surface area contributed by atoms with Gasteiger partial charge in [0.2, 0.25) is 0 Å². The normalized spacial score (nSPS) is 11.5. The van der Waals surface area contributed by atoms with Crippen molar-refractivity contribution < 1.29 is 4.79 Å². The van der Waals surface area contributed by atoms with E-state index in [1.807, 2.05) is 47.0 Å². The van der Waals surface area contributed by atoms with Gasteiger partial charge in [-0.2, -0.15) is 0 Å². The largest absolute Gasteiger partial charge is 0.345 e. The first-order valence-electron chi connectivity index (χ1n) is 8.53. The molecule has 0 N–H and O–H groups in total. The van der Waals surface area contributed by atoms with Crippen molar-refractivity contribution in [2.75, 3.05) is 14.1 Å². The van der Waals surface area contributed by atoms with Crippen LogP contribution >= 0.6 is 0 Å². The van der Waals surface area contributed by atoms with Gasteiger partial charge in [-0.1, -0.05) is 6.07 Å². The SMILES string of the molecule is CN(C)C(=O)c1cccc(-n2c3ccncc3c3nc4ccncn4c32)c1. The first-order chi connectivity index (χ1) is 13.1. The first-order valence-corrected chi connectivity index (χ1v) is 8.53. The quantitative estimate of drug-likeness (QED) is 0.488. The van der Waals surface area contributed by atoms with Crippen LogP contribution in [0.2, 0.25) is 0 Å². The van der Waals surface area contributed by atoms with Crippen LogP contribution < -0.4 is 0 Å². The zero-order valence-electron chi connectivity index (χ0n) is 14.9. The van der Waals surface area contributed by atoms with Crippen LogP contribution in [0.5, 0.6) is 0 Å². The second kappa shape index (κ2) is 5.63. The minimum atomic E-state index is -0.0361. The lowest BCUT2D eigenvalue weighted by molar-refractivity contribution is 0.0827. The van der Waals surface area contributed by atoms with Crippen molar-refractivity contribution in [3.05, 3.63) is 66.9 Å². The fraction of sp³-hybridized carbons (Fsp3) is 0.100. The average molecular weight is 356 g/mol. The number of aromatic nitrogens is 5. The number of rotatable bonds is 2. The van der Waals surface area contributed by atoms with Crippen LogP contribution in [-0.4, -0.2) is 48.8 Å². The minimum absolute atomic E-state index is 0.0361. The third-order valence-corrected chi connectivity index (χ3v) is 4.67. The number of carbonyl (C=O) groups is 1. The van der Waals surface area contributed by atoms with Gasteiger partial charge in [0.1, 0.15) is 17.5 Å². The molecule has 5 rings (SSSR count). The Morgan fingerprint density at radius 1 is 1.07 bits per heavy atom. The van der Waals surface area contributed by atoms with Crippen LogP contribution in [0.25, 0.3) is 33.4 Å². The molecular formula is C20H16N6O. The standard InChI is InChI=1S/C20H16N6O/c1-24(2)20(27)13-4-3-5-14(10-13)26-16-6-8-21-11-15(16)18-19(26)25-12-22-9-7-17(25)23-18/h3-12H,1-2H3. The van der Waals surface area contributed by atoms with Crippen molar-refractivity contribution in [1.29, 1.82) is 0 Å². The van der Waals surface area contributed by atoms with E-state index >= 15 is 0 Å². The van der Waals surface area contributed by atoms with Gasteiger partial charge in [-0.05, 0) is 30.3 Å². The van der Waals surface area contributed by atoms with E-state index in [2.05, 4.69) is 14.5 Å². The van der Waals surface area contributed by atoms with E-state index in [4.69, 9.17) is 4.98 Å². The van der Waals surface area contributed by atoms with E-state index in [1.54, 1.807) is 37.7 Å². The van der Waals surface area contributed by atoms with Crippen molar-refractivity contribution >= 4 is 33.6 Å². The molecule has 0 aliphatic rings. The van der Waals surface area contributed by atoms with Crippen LogP contribution in [0.15, 0.2) is 61.3 Å². The number of pyridine rings is 1. The fourth-order valence-electron chi connectivity index (χ4n) is 3.46. The highest BCUT2D eigenvalue weighted by Gasteiger charge is 2.19. The molecule has 7 heteroatoms. The van der Waals surface area contributed by atoms with Crippen molar-refractivity contribution in [1.82, 2.24) is 28.8 Å². The van der Waals surface area contributed by atoms with Crippen LogP contribution in [0.4, 0.5) is 0 Å². The van der Waals surface area contributed by atoms with E-state index in [0.29, 0.717) is 5.56 Å². The van der Waals surface area contributed by atoms with Gasteiger partial charge in [-0.3, -0.25) is 18.7 Å². The summed E-state index contributed by atoms with van der Waals surface area (Å²) < 4.78 is 4.05. The molecule has 4 heterocycles. The molecular weight excluding hydrogens is 340 g/mol. The van der Waals surface area contributed by atoms with E-state index in [9.17, 15) is 4.79 Å². The molecule has 1 aromatic carbocycles. The topological polar surface area (TPSA) is 68.3 Å². The highest BCUT2D eigenvalue weighted by atomic mass is 16.2. The maximum absolute atomic E-state index is 12.4. The summed E-state index contributed by atoms with van der Waals surface area (Å²) in [5.74, 6) is -0.0361. The van der Waals surface area contributed by atoms with Gasteiger partial charge < -0.3 is 4.90 Å². The first kappa shape index (κ1) is 15.5. The number of hydrogen-bond donors (Lipinski definition) is 0. The number of imidazole rings is 1. The molecule has 4 aromatic heterocycles. The van der Waals surface area contributed by atoms with Crippen molar-refractivity contribution in [2.24, 2.45) is 0 Å². The number of benzene rings is 1. The van der Waals surface area contributed by atoms with Crippen molar-refractivity contribution in [3.63, 3.8) is 0 Å². The minimum Gasteiger partial charge on any atom is -0.345 e. The molecule has 132 valence electrons. The van der Waals surface area contributed by atoms with Gasteiger partial charge in [0.25, 0.3) is 5.91 Å². The predicted molar refractivity (Wildman–Crippen MR) is 103 cm³/mol. The zero-order valence-corrected chi connectivity index (χ0v) is 14.9. The summed E-state index contributed by atoms with van der Waals surface area (Å²) in [6, 6.07) is 11.4. The van der Waals surface area contributed by atoms with Gasteiger partial charge in [0, 0.05) is 49.3 Å². The number of fused-ring (bicyclic) bond motifs is 5. The molecule has 0 radical (unpaired) electrons. The Labute approximate surface area is 154 Å². The summed E-state index contributed by atoms with van der Waals surface area (Å²) >= 11 is 0. The lowest BCUT2D eigenvalue weighted by Gasteiger charge is -2.13. The number of hydrogen-bond acceptors (Lipinski definition) is 4. The Morgan fingerprint density at radius 3 is 2.78 bits per heavy atom. The van der Waals surface area contributed by atoms with E-state index in [-0.39, 0.29) is 5.91 Å². The monoisotopic (exact) mass is 356 g/mol. The van der Waals surface area contributed by atoms with Crippen molar-refractivity contribution in [3.8, 4) is 5.69 Å². The number of nitrogens with zero attached hydrogens (tertiary/aromatic N) is 6. The molecule has 0 bridgehead atoms. The summed E-state index contributed by atoms with van der Waals surface area (Å²) in [5, 5.41) is 0.959. The smallest absolute Gasteiger partial charge is 0.253 e. The maximum atomic E-state index is 12.4. The highest BCUT2D eigenvalue weighted by Crippen LogP contribution is 2.31. The van der Waals surface area contributed by atoms with Crippen LogP contribution in [0, 0.1) is 0 Å². The highest BCUT2D eigenvalue weighted by molar-refractivity contribution is 6.07. The number of amides is 1. The van der Waals surface area contributed by atoms with Crippen LogP contribution in [-0.2, 0) is 0 Å². The average Bonchev–Trinajstić information content (AvgIpc) is 3.22.